The molecule has 1 saturated carbocycles. The minimum absolute atomic E-state index is 0.00353. The average molecular weight is 312 g/mol. The minimum atomic E-state index is -0.327. The van der Waals surface area contributed by atoms with Crippen molar-refractivity contribution in [1.29, 1.82) is 0 Å². The van der Waals surface area contributed by atoms with Crippen molar-refractivity contribution in [1.82, 2.24) is 14.6 Å². The van der Waals surface area contributed by atoms with Gasteiger partial charge in [0.15, 0.2) is 11.5 Å². The van der Waals surface area contributed by atoms with Crippen molar-refractivity contribution in [3.63, 3.8) is 0 Å². The van der Waals surface area contributed by atoms with E-state index in [1.165, 1.54) is 28.8 Å². The monoisotopic (exact) mass is 312 g/mol. The second-order valence-electron chi connectivity index (χ2n) is 5.42. The van der Waals surface area contributed by atoms with Crippen molar-refractivity contribution in [3.05, 3.63) is 48.4 Å². The Labute approximate surface area is 130 Å². The number of amides is 1. The predicted octanol–water partition coefficient (Wildman–Crippen LogP) is 3.01. The van der Waals surface area contributed by atoms with Gasteiger partial charge in [0.05, 0.1) is 6.20 Å². The Hall–Kier alpha value is -2.96. The van der Waals surface area contributed by atoms with Crippen LogP contribution in [0.25, 0.3) is 5.65 Å². The van der Waals surface area contributed by atoms with Crippen LogP contribution in [0.1, 0.15) is 12.8 Å². The zero-order chi connectivity index (χ0) is 15.8. The van der Waals surface area contributed by atoms with Crippen LogP contribution < -0.4 is 10.1 Å². The van der Waals surface area contributed by atoms with Crippen molar-refractivity contribution in [3.8, 4) is 11.6 Å². The largest absolute Gasteiger partial charge is 0.438 e. The van der Waals surface area contributed by atoms with Gasteiger partial charge in [-0.3, -0.25) is 4.79 Å². The Kier molecular flexibility index (Phi) is 3.18. The fourth-order valence-corrected chi connectivity index (χ4v) is 2.18. The van der Waals surface area contributed by atoms with Crippen LogP contribution in [0.5, 0.6) is 11.6 Å². The number of aromatic nitrogens is 3. The van der Waals surface area contributed by atoms with E-state index in [0.717, 1.165) is 12.8 Å². The zero-order valence-electron chi connectivity index (χ0n) is 12.1. The highest BCUT2D eigenvalue weighted by molar-refractivity contribution is 5.93. The van der Waals surface area contributed by atoms with Crippen LogP contribution in [0, 0.1) is 11.7 Å². The lowest BCUT2D eigenvalue weighted by Crippen LogP contribution is -2.13. The van der Waals surface area contributed by atoms with E-state index >= 15 is 0 Å². The first-order valence-corrected chi connectivity index (χ1v) is 7.28. The highest BCUT2D eigenvalue weighted by Crippen LogP contribution is 2.30. The maximum atomic E-state index is 12.9. The van der Waals surface area contributed by atoms with Crippen molar-refractivity contribution in [2.45, 2.75) is 12.8 Å². The molecular weight excluding hydrogens is 299 g/mol. The van der Waals surface area contributed by atoms with E-state index < -0.39 is 0 Å². The van der Waals surface area contributed by atoms with Gasteiger partial charge >= 0.3 is 0 Å². The molecule has 0 bridgehead atoms. The summed E-state index contributed by atoms with van der Waals surface area (Å²) >= 11 is 0. The van der Waals surface area contributed by atoms with Gasteiger partial charge in [-0.25, -0.2) is 13.9 Å². The third-order valence-corrected chi connectivity index (χ3v) is 3.53. The maximum Gasteiger partial charge on any atom is 0.237 e. The summed E-state index contributed by atoms with van der Waals surface area (Å²) in [5.74, 6) is 1.09. The van der Waals surface area contributed by atoms with Gasteiger partial charge in [-0.2, -0.15) is 0 Å². The first kappa shape index (κ1) is 13.7. The first-order chi connectivity index (χ1) is 11.2. The molecule has 6 nitrogen and oxygen atoms in total. The number of halogens is 1. The summed E-state index contributed by atoms with van der Waals surface area (Å²) in [5.41, 5.74) is 0.600. The zero-order valence-corrected chi connectivity index (χ0v) is 12.1. The summed E-state index contributed by atoms with van der Waals surface area (Å²) in [6.45, 7) is 0. The molecule has 1 aliphatic rings. The number of anilines is 1. The van der Waals surface area contributed by atoms with Crippen LogP contribution in [0.3, 0.4) is 0 Å². The van der Waals surface area contributed by atoms with Gasteiger partial charge in [0.2, 0.25) is 11.8 Å². The summed E-state index contributed by atoms with van der Waals surface area (Å²) in [4.78, 5) is 16.0. The van der Waals surface area contributed by atoms with E-state index in [0.29, 0.717) is 23.1 Å². The molecule has 1 N–H and O–H groups in total. The smallest absolute Gasteiger partial charge is 0.237 e. The van der Waals surface area contributed by atoms with Crippen molar-refractivity contribution in [2.24, 2.45) is 5.92 Å². The number of benzene rings is 1. The number of imidazole rings is 1. The Morgan fingerprint density at radius 3 is 2.74 bits per heavy atom. The number of rotatable bonds is 4. The summed E-state index contributed by atoms with van der Waals surface area (Å²) in [5, 5.41) is 7.04. The number of hydrogen-bond acceptors (Lipinski definition) is 4. The molecular formula is C16H13FN4O2. The number of nitrogens with one attached hydrogen (secondary N) is 1. The molecule has 0 unspecified atom stereocenters. The molecule has 0 atom stereocenters. The second-order valence-corrected chi connectivity index (χ2v) is 5.42. The Balaban J connectivity index is 1.54. The molecule has 2 heterocycles. The van der Waals surface area contributed by atoms with Crippen LogP contribution in [-0.4, -0.2) is 20.5 Å². The Bertz CT molecular complexity index is 871. The molecule has 1 fully saturated rings. The predicted molar refractivity (Wildman–Crippen MR) is 80.8 cm³/mol. The van der Waals surface area contributed by atoms with E-state index in [1.807, 2.05) is 0 Å². The van der Waals surface area contributed by atoms with E-state index in [9.17, 15) is 9.18 Å². The molecule has 0 aliphatic heterocycles. The third-order valence-electron chi connectivity index (χ3n) is 3.53. The fourth-order valence-electron chi connectivity index (χ4n) is 2.18. The summed E-state index contributed by atoms with van der Waals surface area (Å²) in [6.07, 6.45) is 3.51. The van der Waals surface area contributed by atoms with E-state index in [1.54, 1.807) is 18.3 Å². The molecule has 116 valence electrons. The third kappa shape index (κ3) is 2.98. The van der Waals surface area contributed by atoms with Crippen molar-refractivity contribution < 1.29 is 13.9 Å². The number of carbonyl (C=O) groups excluding carboxylic acids is 1. The number of fused-ring (bicyclic) bond motifs is 1. The lowest BCUT2D eigenvalue weighted by atomic mass is 10.3. The molecule has 0 spiro atoms. The quantitative estimate of drug-likeness (QED) is 0.804. The highest BCUT2D eigenvalue weighted by Gasteiger charge is 2.30. The molecule has 7 heteroatoms. The van der Waals surface area contributed by atoms with Gasteiger partial charge in [0.25, 0.3) is 0 Å². The van der Waals surface area contributed by atoms with Crippen molar-refractivity contribution >= 4 is 17.4 Å². The minimum Gasteiger partial charge on any atom is -0.438 e. The first-order valence-electron chi connectivity index (χ1n) is 7.28. The highest BCUT2D eigenvalue weighted by atomic mass is 19.1. The van der Waals surface area contributed by atoms with E-state index in [-0.39, 0.29) is 17.6 Å². The molecule has 1 amide bonds. The number of carbonyl (C=O) groups is 1. The SMILES string of the molecule is O=C(Nc1cn2nc(Oc3ccc(F)cc3)ccc2n1)C1CC1. The molecule has 0 saturated heterocycles. The maximum absolute atomic E-state index is 12.9. The average Bonchev–Trinajstić information content (AvgIpc) is 3.31. The summed E-state index contributed by atoms with van der Waals surface area (Å²) < 4.78 is 20.0. The topological polar surface area (TPSA) is 68.5 Å². The molecule has 1 aliphatic carbocycles. The normalized spacial score (nSPS) is 14.0. The molecule has 3 aromatic rings. The molecule has 1 aromatic carbocycles. The molecule has 4 rings (SSSR count). The molecule has 0 radical (unpaired) electrons. The van der Waals surface area contributed by atoms with Crippen LogP contribution in [0.4, 0.5) is 10.2 Å². The van der Waals surface area contributed by atoms with Gasteiger partial charge < -0.3 is 10.1 Å². The fraction of sp³-hybridized carbons (Fsp3) is 0.188. The van der Waals surface area contributed by atoms with E-state index in [4.69, 9.17) is 4.74 Å². The summed E-state index contributed by atoms with van der Waals surface area (Å²) in [6, 6.07) is 9.08. The van der Waals surface area contributed by atoms with Crippen molar-refractivity contribution in [2.75, 3.05) is 5.32 Å². The van der Waals surface area contributed by atoms with Gasteiger partial charge in [-0.1, -0.05) is 0 Å². The van der Waals surface area contributed by atoms with Crippen LogP contribution in [0.2, 0.25) is 0 Å². The number of nitrogens with zero attached hydrogens (tertiary/aromatic N) is 3. The standard InChI is InChI=1S/C16H13FN4O2/c17-11-3-5-12(6-4-11)23-15-8-7-14-18-13(9-21(14)20-15)19-16(22)10-1-2-10/h3-10H,1-2H2,(H,19,22). The number of hydrogen-bond donors (Lipinski definition) is 1. The Morgan fingerprint density at radius 2 is 2.00 bits per heavy atom. The summed E-state index contributed by atoms with van der Waals surface area (Å²) in [7, 11) is 0. The van der Waals surface area contributed by atoms with E-state index in [2.05, 4.69) is 15.4 Å². The van der Waals surface area contributed by atoms with Gasteiger partial charge in [0, 0.05) is 12.0 Å². The van der Waals surface area contributed by atoms with Crippen LogP contribution in [-0.2, 0) is 4.79 Å². The lowest BCUT2D eigenvalue weighted by Gasteiger charge is -2.04. The molecule has 2 aromatic heterocycles. The van der Waals surface area contributed by atoms with Gasteiger partial charge in [-0.15, -0.1) is 5.10 Å². The van der Waals surface area contributed by atoms with Crippen LogP contribution in [0.15, 0.2) is 42.6 Å². The Morgan fingerprint density at radius 1 is 1.22 bits per heavy atom. The second kappa shape index (κ2) is 5.35. The number of ether oxygens (including phenoxy) is 1. The van der Waals surface area contributed by atoms with Gasteiger partial charge in [-0.05, 0) is 43.2 Å². The molecule has 23 heavy (non-hydrogen) atoms. The van der Waals surface area contributed by atoms with Gasteiger partial charge in [0.1, 0.15) is 11.6 Å². The van der Waals surface area contributed by atoms with Crippen LogP contribution >= 0.6 is 0 Å². The lowest BCUT2D eigenvalue weighted by molar-refractivity contribution is -0.117.